The summed E-state index contributed by atoms with van der Waals surface area (Å²) in [6, 6.07) is 0. The molecule has 0 N–H and O–H groups in total. The third-order valence-electron chi connectivity index (χ3n) is 2.40. The maximum Gasteiger partial charge on any atom is -0.0109 e. The molecule has 0 radical (unpaired) electrons. The Morgan fingerprint density at radius 2 is 1.69 bits per heavy atom. The zero-order valence-electron chi connectivity index (χ0n) is 10.0. The van der Waals surface area contributed by atoms with Crippen molar-refractivity contribution < 1.29 is 0 Å². The fraction of sp³-hybridized carbons (Fsp3) is 0.125. The van der Waals surface area contributed by atoms with Gasteiger partial charge in [-0.15, -0.1) is 0 Å². The Morgan fingerprint density at radius 1 is 1.00 bits per heavy atom. The SMILES string of the molecule is C=C/C=C1C=C(/C=C/C)C(C=C)=C/1/C=C\C. The third kappa shape index (κ3) is 2.40. The van der Waals surface area contributed by atoms with E-state index in [0.717, 1.165) is 0 Å². The van der Waals surface area contributed by atoms with E-state index in [1.807, 2.05) is 44.2 Å². The summed E-state index contributed by atoms with van der Waals surface area (Å²) in [6.07, 6.45) is 16.2. The van der Waals surface area contributed by atoms with E-state index in [1.54, 1.807) is 0 Å². The van der Waals surface area contributed by atoms with Gasteiger partial charge in [-0.3, -0.25) is 0 Å². The lowest BCUT2D eigenvalue weighted by Crippen LogP contribution is -1.82. The van der Waals surface area contributed by atoms with E-state index in [-0.39, 0.29) is 0 Å². The highest BCUT2D eigenvalue weighted by molar-refractivity contribution is 5.68. The van der Waals surface area contributed by atoms with Crippen molar-refractivity contribution in [2.45, 2.75) is 13.8 Å². The van der Waals surface area contributed by atoms with Crippen LogP contribution >= 0.6 is 0 Å². The summed E-state index contributed by atoms with van der Waals surface area (Å²) in [5.41, 5.74) is 4.80. The highest BCUT2D eigenvalue weighted by Gasteiger charge is 2.14. The molecule has 0 amide bonds. The summed E-state index contributed by atoms with van der Waals surface area (Å²) < 4.78 is 0. The Labute approximate surface area is 98.4 Å². The number of hydrogen-bond donors (Lipinski definition) is 0. The number of hydrogen-bond acceptors (Lipinski definition) is 0. The lowest BCUT2D eigenvalue weighted by atomic mass is 10.0. The molecule has 0 fully saturated rings. The van der Waals surface area contributed by atoms with Gasteiger partial charge < -0.3 is 0 Å². The summed E-state index contributed by atoms with van der Waals surface area (Å²) in [6.45, 7) is 11.7. The largest absolute Gasteiger partial charge is 0.0990 e. The molecular weight excluding hydrogens is 192 g/mol. The van der Waals surface area contributed by atoms with Crippen LogP contribution in [0.3, 0.4) is 0 Å². The van der Waals surface area contributed by atoms with Gasteiger partial charge in [0.25, 0.3) is 0 Å². The van der Waals surface area contributed by atoms with Gasteiger partial charge in [-0.2, -0.15) is 0 Å². The van der Waals surface area contributed by atoms with Gasteiger partial charge in [0.1, 0.15) is 0 Å². The maximum absolute atomic E-state index is 3.88. The second-order valence-electron chi connectivity index (χ2n) is 3.49. The predicted molar refractivity (Wildman–Crippen MR) is 73.2 cm³/mol. The molecule has 0 aromatic carbocycles. The van der Waals surface area contributed by atoms with Gasteiger partial charge >= 0.3 is 0 Å². The van der Waals surface area contributed by atoms with Crippen LogP contribution in [0.4, 0.5) is 0 Å². The molecule has 0 heterocycles. The normalized spacial score (nSPS) is 18.9. The van der Waals surface area contributed by atoms with Crippen molar-refractivity contribution in [3.8, 4) is 0 Å². The van der Waals surface area contributed by atoms with Gasteiger partial charge in [0, 0.05) is 0 Å². The second kappa shape index (κ2) is 5.92. The van der Waals surface area contributed by atoms with Gasteiger partial charge in [-0.05, 0) is 42.2 Å². The first-order valence-corrected chi connectivity index (χ1v) is 5.45. The molecule has 0 aliphatic heterocycles. The molecule has 0 aromatic heterocycles. The van der Waals surface area contributed by atoms with E-state index >= 15 is 0 Å². The quantitative estimate of drug-likeness (QED) is 0.632. The Balaban J connectivity index is 3.35. The Morgan fingerprint density at radius 3 is 2.19 bits per heavy atom. The number of rotatable bonds is 4. The second-order valence-corrected chi connectivity index (χ2v) is 3.49. The molecule has 82 valence electrons. The predicted octanol–water partition coefficient (Wildman–Crippen LogP) is 4.67. The van der Waals surface area contributed by atoms with Crippen molar-refractivity contribution >= 4 is 0 Å². The molecule has 0 nitrogen and oxygen atoms in total. The molecule has 0 atom stereocenters. The van der Waals surface area contributed by atoms with Crippen molar-refractivity contribution in [2.75, 3.05) is 0 Å². The average molecular weight is 210 g/mol. The van der Waals surface area contributed by atoms with Gasteiger partial charge in [0.05, 0.1) is 0 Å². The molecule has 0 bridgehead atoms. The van der Waals surface area contributed by atoms with Crippen molar-refractivity contribution in [3.05, 3.63) is 84.1 Å². The molecule has 0 unspecified atom stereocenters. The van der Waals surface area contributed by atoms with E-state index in [2.05, 4.69) is 31.4 Å². The first-order valence-electron chi connectivity index (χ1n) is 5.45. The van der Waals surface area contributed by atoms with Crippen LogP contribution in [0.25, 0.3) is 0 Å². The van der Waals surface area contributed by atoms with Crippen LogP contribution < -0.4 is 0 Å². The summed E-state index contributed by atoms with van der Waals surface area (Å²) in [5.74, 6) is 0. The Kier molecular flexibility index (Phi) is 4.53. The molecule has 0 aromatic rings. The molecule has 16 heavy (non-hydrogen) atoms. The summed E-state index contributed by atoms with van der Waals surface area (Å²) in [4.78, 5) is 0. The monoisotopic (exact) mass is 210 g/mol. The minimum absolute atomic E-state index is 1.18. The standard InChI is InChI=1S/C16H18/c1-5-9-13-12-14(10-6-2)16(11-7-3)15(13)8-4/h5-12H,2,4H2,1,3H3/b9-5+,11-7-,14-10-. The van der Waals surface area contributed by atoms with Gasteiger partial charge in [-0.1, -0.05) is 55.7 Å². The summed E-state index contributed by atoms with van der Waals surface area (Å²) in [7, 11) is 0. The van der Waals surface area contributed by atoms with E-state index < -0.39 is 0 Å². The Hall–Kier alpha value is -1.82. The van der Waals surface area contributed by atoms with Crippen molar-refractivity contribution in [3.63, 3.8) is 0 Å². The molecule has 0 saturated heterocycles. The fourth-order valence-electron chi connectivity index (χ4n) is 1.80. The maximum atomic E-state index is 3.88. The summed E-state index contributed by atoms with van der Waals surface area (Å²) in [5, 5.41) is 0. The lowest BCUT2D eigenvalue weighted by Gasteiger charge is -2.01. The van der Waals surface area contributed by atoms with Gasteiger partial charge in [0.2, 0.25) is 0 Å². The minimum atomic E-state index is 1.18. The minimum Gasteiger partial charge on any atom is -0.0990 e. The fourth-order valence-corrected chi connectivity index (χ4v) is 1.80. The van der Waals surface area contributed by atoms with Crippen LogP contribution in [0.2, 0.25) is 0 Å². The van der Waals surface area contributed by atoms with Crippen LogP contribution in [0.1, 0.15) is 13.8 Å². The molecule has 1 aliphatic rings. The highest BCUT2D eigenvalue weighted by atomic mass is 14.2. The highest BCUT2D eigenvalue weighted by Crippen LogP contribution is 2.33. The first kappa shape index (κ1) is 12.3. The molecule has 1 aliphatic carbocycles. The van der Waals surface area contributed by atoms with Gasteiger partial charge in [-0.25, -0.2) is 0 Å². The van der Waals surface area contributed by atoms with Crippen LogP contribution in [0.5, 0.6) is 0 Å². The van der Waals surface area contributed by atoms with E-state index in [0.29, 0.717) is 0 Å². The van der Waals surface area contributed by atoms with Crippen LogP contribution in [-0.4, -0.2) is 0 Å². The third-order valence-corrected chi connectivity index (χ3v) is 2.40. The Bertz CT molecular complexity index is 435. The molecule has 1 rings (SSSR count). The lowest BCUT2D eigenvalue weighted by molar-refractivity contribution is 1.51. The van der Waals surface area contributed by atoms with Gasteiger partial charge in [0.15, 0.2) is 0 Å². The average Bonchev–Trinajstić information content (AvgIpc) is 2.58. The summed E-state index contributed by atoms with van der Waals surface area (Å²) >= 11 is 0. The smallest absolute Gasteiger partial charge is 0.0109 e. The molecule has 0 heteroatoms. The van der Waals surface area contributed by atoms with Crippen molar-refractivity contribution in [1.29, 1.82) is 0 Å². The van der Waals surface area contributed by atoms with E-state index in [9.17, 15) is 0 Å². The first-order chi connectivity index (χ1) is 7.78. The molecule has 0 spiro atoms. The molecular formula is C16H18. The zero-order valence-corrected chi connectivity index (χ0v) is 10.0. The zero-order chi connectivity index (χ0) is 12.0. The van der Waals surface area contributed by atoms with Crippen LogP contribution in [-0.2, 0) is 0 Å². The molecule has 0 saturated carbocycles. The van der Waals surface area contributed by atoms with Crippen LogP contribution in [0.15, 0.2) is 84.1 Å². The van der Waals surface area contributed by atoms with E-state index in [1.165, 1.54) is 22.3 Å². The van der Waals surface area contributed by atoms with Crippen molar-refractivity contribution in [1.82, 2.24) is 0 Å². The van der Waals surface area contributed by atoms with E-state index in [4.69, 9.17) is 0 Å². The topological polar surface area (TPSA) is 0 Å². The number of allylic oxidation sites excluding steroid dienone is 12. The van der Waals surface area contributed by atoms with Crippen molar-refractivity contribution in [2.24, 2.45) is 0 Å². The van der Waals surface area contributed by atoms with Crippen LogP contribution in [0, 0.1) is 0 Å².